The first-order valence-corrected chi connectivity index (χ1v) is 8.59. The molecule has 2 rings (SSSR count). The monoisotopic (exact) mass is 355 g/mol. The van der Waals surface area contributed by atoms with Crippen LogP contribution in [0.3, 0.4) is 0 Å². The lowest BCUT2D eigenvalue weighted by molar-refractivity contribution is -0.119. The molecule has 0 saturated carbocycles. The van der Waals surface area contributed by atoms with Crippen LogP contribution in [0, 0.1) is 12.8 Å². The summed E-state index contributed by atoms with van der Waals surface area (Å²) in [5.74, 6) is 3.02. The molecule has 0 fully saturated rings. The lowest BCUT2D eigenvalue weighted by Crippen LogP contribution is -2.41. The topological polar surface area (TPSA) is 73.6 Å². The summed E-state index contributed by atoms with van der Waals surface area (Å²) in [6.07, 6.45) is 0. The molecule has 0 aliphatic carbocycles. The maximum absolute atomic E-state index is 11.4. The molecule has 0 heterocycles. The summed E-state index contributed by atoms with van der Waals surface area (Å²) in [5, 5.41) is 3.26. The van der Waals surface area contributed by atoms with Gasteiger partial charge in [-0.15, -0.1) is 0 Å². The number of carbonyl (C=O) groups excluding carboxylic acids is 1. The van der Waals surface area contributed by atoms with Crippen LogP contribution in [-0.2, 0) is 4.79 Å². The van der Waals surface area contributed by atoms with Crippen LogP contribution in [0.2, 0.25) is 0 Å². The van der Waals surface area contributed by atoms with Gasteiger partial charge in [0.25, 0.3) is 0 Å². The lowest BCUT2D eigenvalue weighted by Gasteiger charge is -2.25. The molecule has 3 N–H and O–H groups in total. The largest absolute Gasteiger partial charge is 0.497 e. The van der Waals surface area contributed by atoms with Crippen molar-refractivity contribution < 1.29 is 14.3 Å². The molecule has 0 saturated heterocycles. The van der Waals surface area contributed by atoms with Crippen molar-refractivity contribution in [2.75, 3.05) is 7.11 Å². The first-order chi connectivity index (χ1) is 12.3. The van der Waals surface area contributed by atoms with Gasteiger partial charge in [0.2, 0.25) is 5.91 Å². The van der Waals surface area contributed by atoms with Crippen molar-refractivity contribution in [3.8, 4) is 17.2 Å². The van der Waals surface area contributed by atoms with Crippen molar-refractivity contribution in [1.82, 2.24) is 5.32 Å². The summed E-state index contributed by atoms with van der Waals surface area (Å²) in [4.78, 5) is 11.4. The van der Waals surface area contributed by atoms with Crippen LogP contribution < -0.4 is 20.5 Å². The van der Waals surface area contributed by atoms with Gasteiger partial charge in [0.05, 0.1) is 13.2 Å². The lowest BCUT2D eigenvalue weighted by atomic mass is 9.95. The molecule has 1 amide bonds. The minimum absolute atomic E-state index is 0.0508. The molecule has 1 unspecified atom stereocenters. The second kappa shape index (κ2) is 8.72. The van der Waals surface area contributed by atoms with Crippen LogP contribution in [0.15, 0.2) is 42.5 Å². The molecule has 0 aliphatic rings. The summed E-state index contributed by atoms with van der Waals surface area (Å²) >= 11 is 0. The van der Waals surface area contributed by atoms with E-state index >= 15 is 0 Å². The summed E-state index contributed by atoms with van der Waals surface area (Å²) < 4.78 is 11.2. The van der Waals surface area contributed by atoms with Crippen molar-refractivity contribution in [1.29, 1.82) is 0 Å². The zero-order valence-electron chi connectivity index (χ0n) is 16.0. The Bertz CT molecular complexity index is 741. The normalized spacial score (nSPS) is 13.3. The minimum atomic E-state index is -0.412. The Morgan fingerprint density at radius 1 is 1.08 bits per heavy atom. The second-order valence-electron chi connectivity index (χ2n) is 6.60. The summed E-state index contributed by atoms with van der Waals surface area (Å²) in [5.41, 5.74) is 7.45. The van der Waals surface area contributed by atoms with Gasteiger partial charge in [-0.3, -0.25) is 10.1 Å². The van der Waals surface area contributed by atoms with Crippen LogP contribution in [-0.4, -0.2) is 19.1 Å². The van der Waals surface area contributed by atoms with E-state index in [0.717, 1.165) is 34.3 Å². The summed E-state index contributed by atoms with van der Waals surface area (Å²) in [6.45, 7) is 7.80. The number of ether oxygens (including phenoxy) is 2. The van der Waals surface area contributed by atoms with E-state index in [9.17, 15) is 4.79 Å². The van der Waals surface area contributed by atoms with E-state index in [1.165, 1.54) is 0 Å². The molecular formula is C21H27N2O3. The van der Waals surface area contributed by atoms with Crippen molar-refractivity contribution in [2.45, 2.75) is 39.8 Å². The van der Waals surface area contributed by atoms with Crippen LogP contribution >= 0.6 is 0 Å². The standard InChI is InChI=1S/C21H27N2O3/c1-13(2)20(23-15(4)21(22)24)16-7-10-17(11-8-16)26-19-12-18(25-5)9-6-14(19)3/h6-12,15,20,23H,1-5H3,(H2,22,24)/t15-,20?/m1/s1. The molecule has 2 aromatic rings. The van der Waals surface area contributed by atoms with Crippen LogP contribution in [0.1, 0.15) is 37.9 Å². The molecule has 26 heavy (non-hydrogen) atoms. The van der Waals surface area contributed by atoms with Crippen molar-refractivity contribution in [3.63, 3.8) is 0 Å². The Kier molecular flexibility index (Phi) is 6.64. The average Bonchev–Trinajstić information content (AvgIpc) is 2.61. The first-order valence-electron chi connectivity index (χ1n) is 8.59. The predicted octanol–water partition coefficient (Wildman–Crippen LogP) is 3.91. The van der Waals surface area contributed by atoms with E-state index in [-0.39, 0.29) is 11.9 Å². The van der Waals surface area contributed by atoms with Gasteiger partial charge in [0.15, 0.2) is 0 Å². The zero-order chi connectivity index (χ0) is 19.3. The van der Waals surface area contributed by atoms with Crippen LogP contribution in [0.4, 0.5) is 0 Å². The molecule has 1 radical (unpaired) electrons. The molecule has 5 nitrogen and oxygen atoms in total. The fraction of sp³-hybridized carbons (Fsp3) is 0.333. The summed E-state index contributed by atoms with van der Waals surface area (Å²) in [6, 6.07) is 13.1. The van der Waals surface area contributed by atoms with E-state index in [2.05, 4.69) is 5.32 Å². The van der Waals surface area contributed by atoms with Gasteiger partial charge in [-0.05, 0) is 49.1 Å². The van der Waals surface area contributed by atoms with Gasteiger partial charge in [0.1, 0.15) is 17.2 Å². The van der Waals surface area contributed by atoms with E-state index in [1.807, 2.05) is 63.2 Å². The molecule has 0 aromatic heterocycles. The molecule has 0 spiro atoms. The first kappa shape index (κ1) is 19.8. The van der Waals surface area contributed by atoms with Gasteiger partial charge in [0, 0.05) is 12.1 Å². The SMILES string of the molecule is COc1ccc(C)c(Oc2ccc(C(N[C@H](C)C(N)=O)[C](C)C)cc2)c1. The third-order valence-corrected chi connectivity index (χ3v) is 4.26. The number of hydrogen-bond donors (Lipinski definition) is 2. The van der Waals surface area contributed by atoms with Gasteiger partial charge < -0.3 is 15.2 Å². The highest BCUT2D eigenvalue weighted by Gasteiger charge is 2.20. The number of hydrogen-bond acceptors (Lipinski definition) is 4. The number of benzene rings is 2. The molecular weight excluding hydrogens is 328 g/mol. The molecule has 0 bridgehead atoms. The van der Waals surface area contributed by atoms with Crippen LogP contribution in [0.5, 0.6) is 17.2 Å². The number of carbonyl (C=O) groups is 1. The Balaban J connectivity index is 2.17. The predicted molar refractivity (Wildman–Crippen MR) is 103 cm³/mol. The molecule has 139 valence electrons. The fourth-order valence-electron chi connectivity index (χ4n) is 2.60. The second-order valence-corrected chi connectivity index (χ2v) is 6.60. The molecule has 2 aromatic carbocycles. The number of methoxy groups -OCH3 is 1. The van der Waals surface area contributed by atoms with E-state index < -0.39 is 6.04 Å². The maximum atomic E-state index is 11.4. The zero-order valence-corrected chi connectivity index (χ0v) is 16.0. The highest BCUT2D eigenvalue weighted by Crippen LogP contribution is 2.31. The Morgan fingerprint density at radius 2 is 1.69 bits per heavy atom. The third kappa shape index (κ3) is 4.99. The van der Waals surface area contributed by atoms with E-state index in [0.29, 0.717) is 0 Å². The fourth-order valence-corrected chi connectivity index (χ4v) is 2.60. The smallest absolute Gasteiger partial charge is 0.234 e. The molecule has 5 heteroatoms. The third-order valence-electron chi connectivity index (χ3n) is 4.26. The van der Waals surface area contributed by atoms with Gasteiger partial charge in [-0.2, -0.15) is 0 Å². The summed E-state index contributed by atoms with van der Waals surface area (Å²) in [7, 11) is 1.63. The van der Waals surface area contributed by atoms with Gasteiger partial charge in [-0.1, -0.05) is 32.0 Å². The van der Waals surface area contributed by atoms with Crippen LogP contribution in [0.25, 0.3) is 0 Å². The van der Waals surface area contributed by atoms with E-state index in [1.54, 1.807) is 14.0 Å². The quantitative estimate of drug-likeness (QED) is 0.753. The average molecular weight is 355 g/mol. The van der Waals surface area contributed by atoms with Crippen molar-refractivity contribution in [2.24, 2.45) is 5.73 Å². The van der Waals surface area contributed by atoms with Gasteiger partial charge >= 0.3 is 0 Å². The van der Waals surface area contributed by atoms with Crippen molar-refractivity contribution >= 4 is 5.91 Å². The number of amides is 1. The minimum Gasteiger partial charge on any atom is -0.497 e. The van der Waals surface area contributed by atoms with Crippen molar-refractivity contribution in [3.05, 3.63) is 59.5 Å². The maximum Gasteiger partial charge on any atom is 0.234 e. The van der Waals surface area contributed by atoms with E-state index in [4.69, 9.17) is 15.2 Å². The highest BCUT2D eigenvalue weighted by molar-refractivity contribution is 5.79. The highest BCUT2D eigenvalue weighted by atomic mass is 16.5. The molecule has 0 aliphatic heterocycles. The number of nitrogens with one attached hydrogen (secondary N) is 1. The number of nitrogens with two attached hydrogens (primary N) is 1. The number of rotatable bonds is 8. The Morgan fingerprint density at radius 3 is 2.23 bits per heavy atom. The number of primary amides is 1. The van der Waals surface area contributed by atoms with Gasteiger partial charge in [-0.25, -0.2) is 0 Å². The Hall–Kier alpha value is -2.53. The Labute approximate surface area is 155 Å². The number of aryl methyl sites for hydroxylation is 1. The molecule has 2 atom stereocenters.